The number of thiophene rings is 1. The van der Waals surface area contributed by atoms with Gasteiger partial charge >= 0.3 is 0 Å². The lowest BCUT2D eigenvalue weighted by molar-refractivity contribution is -0.131. The van der Waals surface area contributed by atoms with Gasteiger partial charge in [-0.2, -0.15) is 0 Å². The average Bonchev–Trinajstić information content (AvgIpc) is 3.06. The summed E-state index contributed by atoms with van der Waals surface area (Å²) < 4.78 is 2.24. The molecule has 0 atom stereocenters. The highest BCUT2D eigenvalue weighted by Crippen LogP contribution is 2.31. The summed E-state index contributed by atoms with van der Waals surface area (Å²) in [5.41, 5.74) is 0. The number of hydrogen-bond donors (Lipinski definition) is 0. The van der Waals surface area contributed by atoms with E-state index in [2.05, 4.69) is 14.8 Å². The number of likely N-dealkylation sites (tertiary alicyclic amines) is 1. The molecular formula is C18H24N4OS. The minimum atomic E-state index is 0.271. The van der Waals surface area contributed by atoms with Gasteiger partial charge in [-0.25, -0.2) is 0 Å². The predicted molar refractivity (Wildman–Crippen MR) is 93.8 cm³/mol. The van der Waals surface area contributed by atoms with E-state index in [-0.39, 0.29) is 5.91 Å². The molecule has 1 amide bonds. The van der Waals surface area contributed by atoms with Crippen LogP contribution in [0.4, 0.5) is 0 Å². The second kappa shape index (κ2) is 7.05. The van der Waals surface area contributed by atoms with E-state index in [1.807, 2.05) is 28.7 Å². The van der Waals surface area contributed by atoms with Gasteiger partial charge in [-0.3, -0.25) is 4.79 Å². The van der Waals surface area contributed by atoms with Crippen molar-refractivity contribution in [1.29, 1.82) is 0 Å². The zero-order valence-corrected chi connectivity index (χ0v) is 14.7. The molecule has 0 aromatic carbocycles. The smallest absolute Gasteiger partial charge is 0.227 e. The molecule has 1 aliphatic carbocycles. The Morgan fingerprint density at radius 2 is 2.04 bits per heavy atom. The van der Waals surface area contributed by atoms with Crippen LogP contribution in [0.2, 0.25) is 0 Å². The summed E-state index contributed by atoms with van der Waals surface area (Å²) in [6.07, 6.45) is 8.29. The Hall–Kier alpha value is -1.69. The first-order valence-corrected chi connectivity index (χ1v) is 9.82. The zero-order valence-electron chi connectivity index (χ0n) is 13.9. The van der Waals surface area contributed by atoms with Crippen LogP contribution in [0.1, 0.15) is 36.4 Å². The number of hydrogen-bond acceptors (Lipinski definition) is 4. The van der Waals surface area contributed by atoms with E-state index in [1.165, 1.54) is 12.8 Å². The van der Waals surface area contributed by atoms with Crippen LogP contribution >= 0.6 is 11.3 Å². The Morgan fingerprint density at radius 3 is 2.75 bits per heavy atom. The molecule has 1 saturated heterocycles. The van der Waals surface area contributed by atoms with Gasteiger partial charge in [0, 0.05) is 30.9 Å². The summed E-state index contributed by atoms with van der Waals surface area (Å²) in [4.78, 5) is 15.6. The second-order valence-corrected chi connectivity index (χ2v) is 8.16. The van der Waals surface area contributed by atoms with Gasteiger partial charge in [-0.05, 0) is 49.0 Å². The first kappa shape index (κ1) is 15.8. The van der Waals surface area contributed by atoms with Crippen LogP contribution < -0.4 is 0 Å². The third-order valence-corrected chi connectivity index (χ3v) is 6.07. The molecule has 0 unspecified atom stereocenters. The first-order valence-electron chi connectivity index (χ1n) is 8.95. The molecule has 2 aliphatic rings. The van der Waals surface area contributed by atoms with E-state index < -0.39 is 0 Å². The average molecular weight is 344 g/mol. The lowest BCUT2D eigenvalue weighted by Crippen LogP contribution is -2.39. The van der Waals surface area contributed by atoms with E-state index in [1.54, 1.807) is 11.3 Å². The van der Waals surface area contributed by atoms with Crippen molar-refractivity contribution in [3.05, 3.63) is 34.5 Å². The van der Waals surface area contributed by atoms with E-state index in [0.717, 1.165) is 55.5 Å². The Kier molecular flexibility index (Phi) is 4.65. The summed E-state index contributed by atoms with van der Waals surface area (Å²) in [7, 11) is 0. The molecule has 1 aliphatic heterocycles. The molecule has 2 aromatic rings. The van der Waals surface area contributed by atoms with E-state index in [4.69, 9.17) is 0 Å². The number of piperidine rings is 1. The van der Waals surface area contributed by atoms with Crippen molar-refractivity contribution in [2.45, 2.75) is 45.1 Å². The van der Waals surface area contributed by atoms with Crippen LogP contribution in [0.25, 0.3) is 0 Å². The van der Waals surface area contributed by atoms with Crippen LogP contribution in [0, 0.1) is 11.8 Å². The number of rotatable bonds is 6. The topological polar surface area (TPSA) is 51.0 Å². The molecule has 0 bridgehead atoms. The number of amides is 1. The van der Waals surface area contributed by atoms with Gasteiger partial charge in [0.15, 0.2) is 0 Å². The van der Waals surface area contributed by atoms with Gasteiger partial charge in [0.25, 0.3) is 0 Å². The SMILES string of the molecule is O=C(Cc1cccs1)N1CCC(Cc2nncn2CC2CC2)CC1. The molecule has 2 aromatic heterocycles. The van der Waals surface area contributed by atoms with Gasteiger partial charge < -0.3 is 9.47 Å². The Bertz CT molecular complexity index is 669. The van der Waals surface area contributed by atoms with Crippen molar-refractivity contribution >= 4 is 17.2 Å². The van der Waals surface area contributed by atoms with Crippen LogP contribution in [0.5, 0.6) is 0 Å². The molecule has 4 rings (SSSR count). The van der Waals surface area contributed by atoms with Crippen molar-refractivity contribution in [2.24, 2.45) is 11.8 Å². The highest BCUT2D eigenvalue weighted by Gasteiger charge is 2.26. The molecule has 128 valence electrons. The molecule has 24 heavy (non-hydrogen) atoms. The van der Waals surface area contributed by atoms with Gasteiger partial charge in [-0.1, -0.05) is 6.07 Å². The number of carbonyl (C=O) groups excluding carboxylic acids is 1. The molecule has 1 saturated carbocycles. The minimum absolute atomic E-state index is 0.271. The monoisotopic (exact) mass is 344 g/mol. The fraction of sp³-hybridized carbons (Fsp3) is 0.611. The molecule has 3 heterocycles. The predicted octanol–water partition coefficient (Wildman–Crippen LogP) is 2.77. The first-order chi connectivity index (χ1) is 11.8. The molecule has 0 N–H and O–H groups in total. The quantitative estimate of drug-likeness (QED) is 0.810. The van der Waals surface area contributed by atoms with Crippen molar-refractivity contribution in [3.8, 4) is 0 Å². The molecule has 2 fully saturated rings. The molecular weight excluding hydrogens is 320 g/mol. The van der Waals surface area contributed by atoms with Crippen molar-refractivity contribution in [2.75, 3.05) is 13.1 Å². The van der Waals surface area contributed by atoms with Gasteiger partial charge in [0.05, 0.1) is 6.42 Å². The Labute approximate surface area is 146 Å². The maximum Gasteiger partial charge on any atom is 0.227 e. The molecule has 0 spiro atoms. The Balaban J connectivity index is 1.27. The lowest BCUT2D eigenvalue weighted by Gasteiger charge is -2.32. The van der Waals surface area contributed by atoms with Crippen LogP contribution in [-0.2, 0) is 24.2 Å². The van der Waals surface area contributed by atoms with E-state index in [0.29, 0.717) is 12.3 Å². The number of aromatic nitrogens is 3. The third kappa shape index (κ3) is 3.86. The summed E-state index contributed by atoms with van der Waals surface area (Å²) >= 11 is 1.66. The summed E-state index contributed by atoms with van der Waals surface area (Å²) in [6.45, 7) is 2.84. The van der Waals surface area contributed by atoms with Gasteiger partial charge in [-0.15, -0.1) is 21.5 Å². The van der Waals surface area contributed by atoms with Crippen molar-refractivity contribution in [1.82, 2.24) is 19.7 Å². The van der Waals surface area contributed by atoms with E-state index >= 15 is 0 Å². The van der Waals surface area contributed by atoms with Gasteiger partial charge in [0.1, 0.15) is 12.2 Å². The summed E-state index contributed by atoms with van der Waals surface area (Å²) in [5.74, 6) is 2.87. The molecule has 6 heteroatoms. The summed E-state index contributed by atoms with van der Waals surface area (Å²) in [6, 6.07) is 4.05. The lowest BCUT2D eigenvalue weighted by atomic mass is 9.93. The minimum Gasteiger partial charge on any atom is -0.342 e. The van der Waals surface area contributed by atoms with Crippen LogP contribution in [0.3, 0.4) is 0 Å². The van der Waals surface area contributed by atoms with Crippen LogP contribution in [-0.4, -0.2) is 38.7 Å². The van der Waals surface area contributed by atoms with Crippen molar-refractivity contribution in [3.63, 3.8) is 0 Å². The van der Waals surface area contributed by atoms with Gasteiger partial charge in [0.2, 0.25) is 5.91 Å². The third-order valence-electron chi connectivity index (χ3n) is 5.19. The zero-order chi connectivity index (χ0) is 16.4. The normalized spacial score (nSPS) is 18.9. The summed E-state index contributed by atoms with van der Waals surface area (Å²) in [5, 5.41) is 10.5. The maximum absolute atomic E-state index is 12.4. The number of nitrogens with zero attached hydrogens (tertiary/aromatic N) is 4. The number of carbonyl (C=O) groups is 1. The molecule has 5 nitrogen and oxygen atoms in total. The molecule has 0 radical (unpaired) electrons. The maximum atomic E-state index is 12.4. The van der Waals surface area contributed by atoms with E-state index in [9.17, 15) is 4.79 Å². The van der Waals surface area contributed by atoms with Crippen LogP contribution in [0.15, 0.2) is 23.8 Å². The highest BCUT2D eigenvalue weighted by molar-refractivity contribution is 7.10. The Morgan fingerprint density at radius 1 is 1.21 bits per heavy atom. The largest absolute Gasteiger partial charge is 0.342 e. The second-order valence-electron chi connectivity index (χ2n) is 7.13. The highest BCUT2D eigenvalue weighted by atomic mass is 32.1. The van der Waals surface area contributed by atoms with Crippen molar-refractivity contribution < 1.29 is 4.79 Å². The standard InChI is InChI=1S/C18H24N4OS/c23-18(11-16-2-1-9-24-16)21-7-5-14(6-8-21)10-17-20-19-13-22(17)12-15-3-4-15/h1-2,9,13-15H,3-8,10-12H2. The fourth-order valence-electron chi connectivity index (χ4n) is 3.49. The fourth-order valence-corrected chi connectivity index (χ4v) is 4.18.